The van der Waals surface area contributed by atoms with Crippen molar-refractivity contribution >= 4 is 5.97 Å². The second kappa shape index (κ2) is 7.80. The van der Waals surface area contributed by atoms with Crippen molar-refractivity contribution in [3.63, 3.8) is 0 Å². The minimum Gasteiger partial charge on any atom is -0.466 e. The summed E-state index contributed by atoms with van der Waals surface area (Å²) in [6.45, 7) is 9.55. The summed E-state index contributed by atoms with van der Waals surface area (Å²) < 4.78 is 4.83. The Morgan fingerprint density at radius 3 is 2.50 bits per heavy atom. The van der Waals surface area contributed by atoms with Crippen LogP contribution in [0.1, 0.15) is 40.5 Å². The summed E-state index contributed by atoms with van der Waals surface area (Å²) in [7, 11) is 0. The molecule has 0 radical (unpaired) electrons. The van der Waals surface area contributed by atoms with E-state index in [2.05, 4.69) is 26.1 Å². The smallest absolute Gasteiger partial charge is 0.307 e. The van der Waals surface area contributed by atoms with Crippen LogP contribution < -0.4 is 5.32 Å². The highest BCUT2D eigenvalue weighted by Crippen LogP contribution is 2.06. The summed E-state index contributed by atoms with van der Waals surface area (Å²) in [5.41, 5.74) is 0. The molecule has 0 saturated carbocycles. The number of hydrogen-bond donors (Lipinski definition) is 1. The molecule has 0 heterocycles. The zero-order valence-corrected chi connectivity index (χ0v) is 9.80. The van der Waals surface area contributed by atoms with Crippen LogP contribution in [0.3, 0.4) is 0 Å². The van der Waals surface area contributed by atoms with Gasteiger partial charge in [0, 0.05) is 12.6 Å². The zero-order valence-electron chi connectivity index (χ0n) is 9.80. The van der Waals surface area contributed by atoms with Crippen LogP contribution in [0.2, 0.25) is 0 Å². The summed E-state index contributed by atoms with van der Waals surface area (Å²) in [6.07, 6.45) is 1.63. The van der Waals surface area contributed by atoms with Gasteiger partial charge in [-0.1, -0.05) is 20.3 Å². The van der Waals surface area contributed by atoms with Crippen molar-refractivity contribution in [2.75, 3.05) is 13.2 Å². The first-order valence-electron chi connectivity index (χ1n) is 5.50. The summed E-state index contributed by atoms with van der Waals surface area (Å²) in [5, 5.41) is 3.32. The molecule has 0 aromatic carbocycles. The zero-order chi connectivity index (χ0) is 11.0. The van der Waals surface area contributed by atoms with Crippen LogP contribution in [0.4, 0.5) is 0 Å². The average Bonchev–Trinajstić information content (AvgIpc) is 2.16. The van der Waals surface area contributed by atoms with Crippen molar-refractivity contribution in [1.82, 2.24) is 5.32 Å². The Balaban J connectivity index is 3.48. The molecular formula is C11H23NO2. The first-order valence-corrected chi connectivity index (χ1v) is 5.50. The molecule has 14 heavy (non-hydrogen) atoms. The molecule has 0 aliphatic heterocycles. The van der Waals surface area contributed by atoms with Gasteiger partial charge in [0.05, 0.1) is 13.0 Å². The molecule has 0 aliphatic rings. The number of ether oxygens (including phenoxy) is 1. The maximum Gasteiger partial charge on any atom is 0.307 e. The van der Waals surface area contributed by atoms with E-state index in [-0.39, 0.29) is 5.97 Å². The van der Waals surface area contributed by atoms with Gasteiger partial charge >= 0.3 is 5.97 Å². The molecule has 3 nitrogen and oxygen atoms in total. The third-order valence-electron chi connectivity index (χ3n) is 2.60. The molecule has 2 atom stereocenters. The Bertz CT molecular complexity index is 159. The van der Waals surface area contributed by atoms with Crippen molar-refractivity contribution in [2.24, 2.45) is 5.92 Å². The van der Waals surface area contributed by atoms with Crippen LogP contribution in [0.25, 0.3) is 0 Å². The van der Waals surface area contributed by atoms with Gasteiger partial charge < -0.3 is 10.1 Å². The largest absolute Gasteiger partial charge is 0.466 e. The van der Waals surface area contributed by atoms with Crippen molar-refractivity contribution in [3.05, 3.63) is 0 Å². The van der Waals surface area contributed by atoms with Gasteiger partial charge in [0.15, 0.2) is 0 Å². The van der Waals surface area contributed by atoms with Gasteiger partial charge in [0.2, 0.25) is 0 Å². The molecule has 0 spiro atoms. The van der Waals surface area contributed by atoms with Crippen molar-refractivity contribution < 1.29 is 9.53 Å². The van der Waals surface area contributed by atoms with Gasteiger partial charge in [-0.15, -0.1) is 0 Å². The van der Waals surface area contributed by atoms with Crippen LogP contribution in [0, 0.1) is 5.92 Å². The summed E-state index contributed by atoms with van der Waals surface area (Å²) in [4.78, 5) is 11.0. The number of esters is 1. The van der Waals surface area contributed by atoms with E-state index >= 15 is 0 Å². The van der Waals surface area contributed by atoms with Crippen LogP contribution in [0.5, 0.6) is 0 Å². The summed E-state index contributed by atoms with van der Waals surface area (Å²) in [6, 6.07) is 0.467. The normalized spacial score (nSPS) is 14.9. The molecule has 0 aromatic heterocycles. The average molecular weight is 201 g/mol. The van der Waals surface area contributed by atoms with E-state index in [0.717, 1.165) is 6.42 Å². The van der Waals surface area contributed by atoms with E-state index in [1.54, 1.807) is 0 Å². The van der Waals surface area contributed by atoms with Crippen LogP contribution in [-0.2, 0) is 9.53 Å². The van der Waals surface area contributed by atoms with Crippen molar-refractivity contribution in [3.8, 4) is 0 Å². The van der Waals surface area contributed by atoms with Crippen LogP contribution >= 0.6 is 0 Å². The Labute approximate surface area is 87.2 Å². The second-order valence-electron chi connectivity index (χ2n) is 3.68. The van der Waals surface area contributed by atoms with E-state index in [1.165, 1.54) is 0 Å². The quantitative estimate of drug-likeness (QED) is 0.640. The lowest BCUT2D eigenvalue weighted by Gasteiger charge is -2.19. The number of nitrogens with one attached hydrogen (secondary N) is 1. The number of rotatable bonds is 7. The molecule has 0 aliphatic carbocycles. The lowest BCUT2D eigenvalue weighted by atomic mass is 10.0. The molecule has 0 rings (SSSR count). The van der Waals surface area contributed by atoms with Gasteiger partial charge in [-0.2, -0.15) is 0 Å². The Hall–Kier alpha value is -0.570. The minimum absolute atomic E-state index is 0.114. The number of carbonyl (C=O) groups excluding carboxylic acids is 1. The molecular weight excluding hydrogens is 178 g/mol. The van der Waals surface area contributed by atoms with Gasteiger partial charge in [0.25, 0.3) is 0 Å². The third kappa shape index (κ3) is 5.97. The van der Waals surface area contributed by atoms with Gasteiger partial charge in [-0.05, 0) is 19.8 Å². The molecule has 2 unspecified atom stereocenters. The van der Waals surface area contributed by atoms with Crippen molar-refractivity contribution in [1.29, 1.82) is 0 Å². The van der Waals surface area contributed by atoms with Gasteiger partial charge in [-0.3, -0.25) is 4.79 Å². The standard InChI is InChI=1S/C11H23NO2/c1-5-9(3)10(4)12-8-7-11(13)14-6-2/h9-10,12H,5-8H2,1-4H3. The van der Waals surface area contributed by atoms with E-state index in [9.17, 15) is 4.79 Å². The Kier molecular flexibility index (Phi) is 7.48. The molecule has 84 valence electrons. The fourth-order valence-electron chi connectivity index (χ4n) is 1.19. The maximum absolute atomic E-state index is 11.0. The Morgan fingerprint density at radius 1 is 1.36 bits per heavy atom. The van der Waals surface area contributed by atoms with E-state index in [0.29, 0.717) is 31.5 Å². The second-order valence-corrected chi connectivity index (χ2v) is 3.68. The molecule has 0 fully saturated rings. The molecule has 0 saturated heterocycles. The maximum atomic E-state index is 11.0. The lowest BCUT2D eigenvalue weighted by Crippen LogP contribution is -2.33. The van der Waals surface area contributed by atoms with Gasteiger partial charge in [-0.25, -0.2) is 0 Å². The van der Waals surface area contributed by atoms with Crippen molar-refractivity contribution in [2.45, 2.75) is 46.6 Å². The lowest BCUT2D eigenvalue weighted by molar-refractivity contribution is -0.143. The molecule has 0 aromatic rings. The highest BCUT2D eigenvalue weighted by atomic mass is 16.5. The van der Waals surface area contributed by atoms with Gasteiger partial charge in [0.1, 0.15) is 0 Å². The van der Waals surface area contributed by atoms with E-state index in [1.807, 2.05) is 6.92 Å². The highest BCUT2D eigenvalue weighted by molar-refractivity contribution is 5.69. The van der Waals surface area contributed by atoms with E-state index in [4.69, 9.17) is 4.74 Å². The Morgan fingerprint density at radius 2 is 2.00 bits per heavy atom. The molecule has 3 heteroatoms. The number of carbonyl (C=O) groups is 1. The fraction of sp³-hybridized carbons (Fsp3) is 0.909. The fourth-order valence-corrected chi connectivity index (χ4v) is 1.19. The minimum atomic E-state index is -0.114. The molecule has 0 bridgehead atoms. The summed E-state index contributed by atoms with van der Waals surface area (Å²) >= 11 is 0. The summed E-state index contributed by atoms with van der Waals surface area (Å²) in [5.74, 6) is 0.536. The van der Waals surface area contributed by atoms with Crippen LogP contribution in [0.15, 0.2) is 0 Å². The third-order valence-corrected chi connectivity index (χ3v) is 2.60. The first-order chi connectivity index (χ1) is 6.61. The predicted molar refractivity (Wildman–Crippen MR) is 58.2 cm³/mol. The van der Waals surface area contributed by atoms with E-state index < -0.39 is 0 Å². The highest BCUT2D eigenvalue weighted by Gasteiger charge is 2.09. The predicted octanol–water partition coefficient (Wildman–Crippen LogP) is 1.96. The topological polar surface area (TPSA) is 38.3 Å². The SMILES string of the molecule is CCOC(=O)CCNC(C)C(C)CC. The first kappa shape index (κ1) is 13.4. The molecule has 0 amide bonds. The molecule has 1 N–H and O–H groups in total. The monoisotopic (exact) mass is 201 g/mol. The number of hydrogen-bond acceptors (Lipinski definition) is 3. The van der Waals surface area contributed by atoms with Crippen LogP contribution in [-0.4, -0.2) is 25.2 Å².